The van der Waals surface area contributed by atoms with Crippen LogP contribution in [0.1, 0.15) is 36.0 Å². The normalized spacial score (nSPS) is 18.4. The molecule has 1 N–H and O–H groups in total. The number of fused-ring (bicyclic) bond motifs is 1. The minimum Gasteiger partial charge on any atom is -0.343 e. The smallest absolute Gasteiger partial charge is 0.253 e. The van der Waals surface area contributed by atoms with Gasteiger partial charge in [0.15, 0.2) is 0 Å². The number of pyridine rings is 1. The lowest BCUT2D eigenvalue weighted by Gasteiger charge is -2.32. The molecule has 1 aliphatic heterocycles. The number of halogens is 1. The Morgan fingerprint density at radius 3 is 2.64 bits per heavy atom. The molecule has 2 heterocycles. The topological polar surface area (TPSA) is 62.3 Å². The zero-order chi connectivity index (χ0) is 17.4. The third-order valence-electron chi connectivity index (χ3n) is 5.44. The van der Waals surface area contributed by atoms with Crippen LogP contribution in [-0.2, 0) is 4.79 Å². The van der Waals surface area contributed by atoms with Crippen LogP contribution >= 0.6 is 11.6 Å². The van der Waals surface area contributed by atoms with Gasteiger partial charge in [-0.1, -0.05) is 17.7 Å². The van der Waals surface area contributed by atoms with Crippen molar-refractivity contribution in [3.05, 3.63) is 41.0 Å². The Bertz CT molecular complexity index is 838. The van der Waals surface area contributed by atoms with Gasteiger partial charge in [0.25, 0.3) is 5.91 Å². The summed E-state index contributed by atoms with van der Waals surface area (Å²) in [6.07, 6.45) is 6.34. The number of hydrogen-bond donors (Lipinski definition) is 1. The van der Waals surface area contributed by atoms with Crippen molar-refractivity contribution in [3.8, 4) is 0 Å². The quantitative estimate of drug-likeness (QED) is 0.918. The maximum absolute atomic E-state index is 12.3. The lowest BCUT2D eigenvalue weighted by molar-refractivity contribution is -0.131. The molecule has 1 saturated heterocycles. The first kappa shape index (κ1) is 16.3. The zero-order valence-corrected chi connectivity index (χ0v) is 14.7. The second-order valence-corrected chi connectivity index (χ2v) is 7.56. The van der Waals surface area contributed by atoms with Crippen molar-refractivity contribution < 1.29 is 9.59 Å². The van der Waals surface area contributed by atoms with Gasteiger partial charge in [0.2, 0.25) is 5.91 Å². The zero-order valence-electron chi connectivity index (χ0n) is 13.9. The van der Waals surface area contributed by atoms with Gasteiger partial charge in [-0.05, 0) is 49.3 Å². The molecule has 5 nitrogen and oxygen atoms in total. The van der Waals surface area contributed by atoms with Crippen LogP contribution in [0.4, 0.5) is 0 Å². The van der Waals surface area contributed by atoms with E-state index in [4.69, 9.17) is 11.6 Å². The van der Waals surface area contributed by atoms with Crippen molar-refractivity contribution >= 4 is 34.3 Å². The summed E-state index contributed by atoms with van der Waals surface area (Å²) in [4.78, 5) is 30.7. The van der Waals surface area contributed by atoms with Gasteiger partial charge >= 0.3 is 0 Å². The molecule has 2 aromatic rings. The second-order valence-electron chi connectivity index (χ2n) is 7.12. The van der Waals surface area contributed by atoms with Gasteiger partial charge < -0.3 is 10.2 Å². The van der Waals surface area contributed by atoms with Crippen LogP contribution in [-0.4, -0.2) is 41.3 Å². The first-order chi connectivity index (χ1) is 12.0. The fraction of sp³-hybridized carbons (Fsp3) is 0.421. The van der Waals surface area contributed by atoms with E-state index in [1.807, 2.05) is 11.0 Å². The Hall–Kier alpha value is -2.14. The fourth-order valence-corrected chi connectivity index (χ4v) is 3.66. The second kappa shape index (κ2) is 6.30. The lowest BCUT2D eigenvalue weighted by Crippen LogP contribution is -2.44. The lowest BCUT2D eigenvalue weighted by atomic mass is 9.94. The molecule has 0 atom stereocenters. The molecule has 1 spiro atoms. The number of hydrogen-bond acceptors (Lipinski definition) is 3. The molecule has 4 rings (SSSR count). The van der Waals surface area contributed by atoms with Crippen LogP contribution in [0.25, 0.3) is 10.9 Å². The van der Waals surface area contributed by atoms with Crippen LogP contribution in [0.15, 0.2) is 30.5 Å². The van der Waals surface area contributed by atoms with Crippen LogP contribution in [0.5, 0.6) is 0 Å². The molecular formula is C19H20ClN3O2. The molecule has 25 heavy (non-hydrogen) atoms. The van der Waals surface area contributed by atoms with E-state index >= 15 is 0 Å². The first-order valence-electron chi connectivity index (χ1n) is 8.66. The Kier molecular flexibility index (Phi) is 4.12. The van der Waals surface area contributed by atoms with E-state index in [1.54, 1.807) is 18.2 Å². The highest BCUT2D eigenvalue weighted by molar-refractivity contribution is 6.31. The summed E-state index contributed by atoms with van der Waals surface area (Å²) in [5.41, 5.74) is 1.72. The Balaban J connectivity index is 1.35. The van der Waals surface area contributed by atoms with E-state index in [-0.39, 0.29) is 18.4 Å². The van der Waals surface area contributed by atoms with Gasteiger partial charge in [0.05, 0.1) is 17.6 Å². The summed E-state index contributed by atoms with van der Waals surface area (Å²) < 4.78 is 0. The van der Waals surface area contributed by atoms with Crippen LogP contribution in [0.3, 0.4) is 0 Å². The molecule has 1 saturated carbocycles. The summed E-state index contributed by atoms with van der Waals surface area (Å²) in [6.45, 7) is 1.66. The molecule has 1 aromatic heterocycles. The molecule has 1 aliphatic carbocycles. The molecular weight excluding hydrogens is 338 g/mol. The maximum atomic E-state index is 12.3. The summed E-state index contributed by atoms with van der Waals surface area (Å²) in [7, 11) is 0. The van der Waals surface area contributed by atoms with Crippen molar-refractivity contribution in [1.82, 2.24) is 15.2 Å². The molecule has 0 bridgehead atoms. The summed E-state index contributed by atoms with van der Waals surface area (Å²) in [6, 6.07) is 7.11. The third kappa shape index (κ3) is 3.47. The van der Waals surface area contributed by atoms with E-state index < -0.39 is 0 Å². The van der Waals surface area contributed by atoms with Crippen molar-refractivity contribution in [1.29, 1.82) is 0 Å². The molecule has 2 fully saturated rings. The molecule has 6 heteroatoms. The maximum Gasteiger partial charge on any atom is 0.253 e. The molecule has 2 aliphatic rings. The van der Waals surface area contributed by atoms with Crippen molar-refractivity contribution in [3.63, 3.8) is 0 Å². The number of nitrogens with one attached hydrogen (secondary N) is 1. The minimum absolute atomic E-state index is 0.00983. The third-order valence-corrected chi connectivity index (χ3v) is 5.68. The summed E-state index contributed by atoms with van der Waals surface area (Å²) in [5.74, 6) is -0.294. The highest BCUT2D eigenvalue weighted by atomic mass is 35.5. The van der Waals surface area contributed by atoms with E-state index in [0.717, 1.165) is 36.8 Å². The number of carbonyl (C=O) groups is 2. The fourth-order valence-electron chi connectivity index (χ4n) is 3.50. The molecule has 2 amide bonds. The standard InChI is InChI=1S/C19H20ClN3O2/c20-15-2-1-13-9-14(11-21-16(13)10-15)18(25)22-12-17(24)23-7-5-19(3-4-19)6-8-23/h1-2,9-11H,3-8,12H2,(H,22,25). The van der Waals surface area contributed by atoms with Crippen molar-refractivity contribution in [2.45, 2.75) is 25.7 Å². The van der Waals surface area contributed by atoms with E-state index in [1.165, 1.54) is 19.0 Å². The number of amides is 2. The number of carbonyl (C=O) groups excluding carboxylic acids is 2. The monoisotopic (exact) mass is 357 g/mol. The number of likely N-dealkylation sites (tertiary alicyclic amines) is 1. The van der Waals surface area contributed by atoms with Gasteiger partial charge in [-0.3, -0.25) is 14.6 Å². The highest BCUT2D eigenvalue weighted by Crippen LogP contribution is 2.53. The Morgan fingerprint density at radius 2 is 1.92 bits per heavy atom. The van der Waals surface area contributed by atoms with Crippen molar-refractivity contribution in [2.24, 2.45) is 5.41 Å². The number of benzene rings is 1. The Labute approximate surface area is 151 Å². The SMILES string of the molecule is O=C(NCC(=O)N1CCC2(CC1)CC2)c1cnc2cc(Cl)ccc2c1. The summed E-state index contributed by atoms with van der Waals surface area (Å²) >= 11 is 5.94. The van der Waals surface area contributed by atoms with E-state index in [0.29, 0.717) is 16.0 Å². The number of nitrogens with zero attached hydrogens (tertiary/aromatic N) is 2. The predicted octanol–water partition coefficient (Wildman–Crippen LogP) is 3.02. The largest absolute Gasteiger partial charge is 0.343 e. The van der Waals surface area contributed by atoms with E-state index in [9.17, 15) is 9.59 Å². The average Bonchev–Trinajstić information content (AvgIpc) is 3.38. The number of aromatic nitrogens is 1. The minimum atomic E-state index is -0.284. The molecule has 0 unspecified atom stereocenters. The van der Waals surface area contributed by atoms with Gasteiger partial charge in [0, 0.05) is 29.7 Å². The van der Waals surface area contributed by atoms with Crippen LogP contribution in [0, 0.1) is 5.41 Å². The van der Waals surface area contributed by atoms with Gasteiger partial charge in [0.1, 0.15) is 0 Å². The van der Waals surface area contributed by atoms with Crippen LogP contribution < -0.4 is 5.32 Å². The van der Waals surface area contributed by atoms with Gasteiger partial charge in [-0.15, -0.1) is 0 Å². The van der Waals surface area contributed by atoms with Gasteiger partial charge in [-0.2, -0.15) is 0 Å². The van der Waals surface area contributed by atoms with Crippen molar-refractivity contribution in [2.75, 3.05) is 19.6 Å². The first-order valence-corrected chi connectivity index (χ1v) is 9.04. The molecule has 130 valence electrons. The number of piperidine rings is 1. The number of rotatable bonds is 3. The molecule has 0 radical (unpaired) electrons. The average molecular weight is 358 g/mol. The molecule has 1 aromatic carbocycles. The van der Waals surface area contributed by atoms with Crippen LogP contribution in [0.2, 0.25) is 5.02 Å². The predicted molar refractivity (Wildman–Crippen MR) is 96.6 cm³/mol. The Morgan fingerprint density at radius 1 is 1.16 bits per heavy atom. The van der Waals surface area contributed by atoms with Gasteiger partial charge in [-0.25, -0.2) is 0 Å². The van der Waals surface area contributed by atoms with E-state index in [2.05, 4.69) is 10.3 Å². The highest BCUT2D eigenvalue weighted by Gasteiger charge is 2.44. The summed E-state index contributed by atoms with van der Waals surface area (Å²) in [5, 5.41) is 4.16.